The van der Waals surface area contributed by atoms with Crippen LogP contribution in [0, 0.1) is 0 Å². The molecule has 0 saturated carbocycles. The fraction of sp³-hybridized carbons (Fsp3) is 0. The van der Waals surface area contributed by atoms with Gasteiger partial charge in [-0.25, -0.2) is 0 Å². The van der Waals surface area contributed by atoms with Crippen molar-refractivity contribution in [2.75, 3.05) is 0 Å². The van der Waals surface area contributed by atoms with Crippen LogP contribution in [-0.4, -0.2) is 98.0 Å². The summed E-state index contributed by atoms with van der Waals surface area (Å²) in [7, 11) is 0. The molecule has 0 amide bonds. The Morgan fingerprint density at radius 2 is 1.00 bits per heavy atom. The fourth-order valence-corrected chi connectivity index (χ4v) is 0. The van der Waals surface area contributed by atoms with Crippen molar-refractivity contribution in [1.82, 2.24) is 0 Å². The summed E-state index contributed by atoms with van der Waals surface area (Å²) in [5.41, 5.74) is 0. The summed E-state index contributed by atoms with van der Waals surface area (Å²) in [6, 6.07) is 0. The van der Waals surface area contributed by atoms with Gasteiger partial charge in [-0.3, -0.25) is 0 Å². The van der Waals surface area contributed by atoms with Gasteiger partial charge in [0.15, 0.2) is 0 Å². The molecule has 0 saturated heterocycles. The van der Waals surface area contributed by atoms with Gasteiger partial charge in [0.05, 0.1) is 0 Å². The third kappa shape index (κ3) is 8.93. The Morgan fingerprint density at radius 1 is 1.00 bits per heavy atom. The first-order valence-electron chi connectivity index (χ1n) is 0.204. The van der Waals surface area contributed by atoms with E-state index in [9.17, 15) is 0 Å². The number of hydrogen-bond donors (Lipinski definition) is 0. The molecule has 14 valence electrons. The molecule has 4 heavy (non-hydrogen) atoms. The zero-order valence-electron chi connectivity index (χ0n) is 2.32. The maximum absolute atomic E-state index is 8.34. The summed E-state index contributed by atoms with van der Waals surface area (Å²) in [6.07, 6.45) is 0. The van der Waals surface area contributed by atoms with Gasteiger partial charge in [-0.15, -0.1) is 0 Å². The van der Waals surface area contributed by atoms with E-state index in [1.807, 2.05) is 0 Å². The van der Waals surface area contributed by atoms with Gasteiger partial charge in [-0.1, -0.05) is 0 Å². The Hall–Kier alpha value is 3.12. The van der Waals surface area contributed by atoms with E-state index in [1.165, 1.54) is 0 Å². The van der Waals surface area contributed by atoms with E-state index in [4.69, 9.17) is 3.08 Å². The van der Waals surface area contributed by atoms with Gasteiger partial charge >= 0.3 is 25.6 Å². The fourth-order valence-electron chi connectivity index (χ4n) is 0. The molecule has 6 radical (unpaired) electrons. The average molecular weight is 215 g/mol. The molecule has 0 rings (SSSR count). The molecule has 4 heteroatoms. The summed E-state index contributed by atoms with van der Waals surface area (Å²) in [5.74, 6) is 0. The van der Waals surface area contributed by atoms with Crippen LogP contribution in [0.1, 0.15) is 0 Å². The Balaban J connectivity index is -0.00000000500. The molecule has 0 aliphatic rings. The number of rotatable bonds is 0. The maximum atomic E-state index is 8.34. The van der Waals surface area contributed by atoms with Crippen molar-refractivity contribution >= 4 is 98.0 Å². The molecule has 1 nitrogen and oxygen atoms in total. The van der Waals surface area contributed by atoms with E-state index in [2.05, 4.69) is 0 Å². The Labute approximate surface area is 98.4 Å². The van der Waals surface area contributed by atoms with Crippen LogP contribution in [0.3, 0.4) is 0 Å². The summed E-state index contributed by atoms with van der Waals surface area (Å²) in [4.78, 5) is 0. The minimum atomic E-state index is 0. The molecule has 0 fully saturated rings. The molecule has 0 spiro atoms. The number of hydrogen-bond acceptors (Lipinski definition) is 1. The molecule has 0 atom stereocenters. The molecule has 0 aromatic carbocycles. The summed E-state index contributed by atoms with van der Waals surface area (Å²) >= 11 is 0.300. The third-order valence-electron chi connectivity index (χ3n) is 0. The van der Waals surface area contributed by atoms with Crippen molar-refractivity contribution in [3.05, 3.63) is 0 Å². The van der Waals surface area contributed by atoms with Crippen molar-refractivity contribution in [3.63, 3.8) is 0 Å². The van der Waals surface area contributed by atoms with Crippen molar-refractivity contribution < 1.29 is 3.08 Å². The van der Waals surface area contributed by atoms with Gasteiger partial charge in [-0.2, -0.15) is 0 Å². The molecule has 0 aliphatic heterocycles. The van der Waals surface area contributed by atoms with Gasteiger partial charge in [0.25, 0.3) is 0 Å². The molecule has 0 aliphatic carbocycles. The van der Waals surface area contributed by atoms with E-state index in [0.717, 1.165) is 0 Å². The second kappa shape index (κ2) is 16.5. The van der Waals surface area contributed by atoms with E-state index in [1.54, 1.807) is 0 Å². The average Bonchev–Trinajstić information content (AvgIpc) is 1.00. The standard InChI is InChI=1S/2Ca.O.Sn. The second-order valence-corrected chi connectivity index (χ2v) is 0. The Bertz CT molecular complexity index is 6.00. The van der Waals surface area contributed by atoms with Crippen LogP contribution in [0.4, 0.5) is 0 Å². The predicted molar refractivity (Wildman–Crippen MR) is 17.9 cm³/mol. The first kappa shape index (κ1) is 15.7. The molecule has 0 bridgehead atoms. The third-order valence-corrected chi connectivity index (χ3v) is 0. The first-order valence-corrected chi connectivity index (χ1v) is 1.37. The molecule has 0 heterocycles. The van der Waals surface area contributed by atoms with Gasteiger partial charge in [0.2, 0.25) is 0 Å². The molecular weight excluding hydrogens is 215 g/mol. The van der Waals surface area contributed by atoms with Crippen LogP contribution >= 0.6 is 0 Å². The molecule has 0 unspecified atom stereocenters. The van der Waals surface area contributed by atoms with Gasteiger partial charge in [0, 0.05) is 75.5 Å². The zero-order valence-corrected chi connectivity index (χ0v) is 9.59. The molecule has 0 N–H and O–H groups in total. The van der Waals surface area contributed by atoms with E-state index >= 15 is 0 Å². The normalized spacial score (nSPS) is 1.00. The van der Waals surface area contributed by atoms with Crippen LogP contribution in [0.2, 0.25) is 0 Å². The Kier molecular flexibility index (Phi) is 64.7. The van der Waals surface area contributed by atoms with Crippen LogP contribution in [0.15, 0.2) is 0 Å². The summed E-state index contributed by atoms with van der Waals surface area (Å²) < 4.78 is 8.34. The monoisotopic (exact) mass is 216 g/mol. The van der Waals surface area contributed by atoms with Gasteiger partial charge in [0.1, 0.15) is 0 Å². The first-order chi connectivity index (χ1) is 1.00. The molecular formula is Ca2OSn. The molecule has 0 aromatic heterocycles. The summed E-state index contributed by atoms with van der Waals surface area (Å²) in [6.45, 7) is 0. The van der Waals surface area contributed by atoms with E-state index in [-0.39, 0.29) is 75.5 Å². The van der Waals surface area contributed by atoms with Crippen molar-refractivity contribution in [2.24, 2.45) is 0 Å². The van der Waals surface area contributed by atoms with Crippen molar-refractivity contribution in [1.29, 1.82) is 0 Å². The topological polar surface area (TPSA) is 17.1 Å². The van der Waals surface area contributed by atoms with E-state index < -0.39 is 0 Å². The minimum absolute atomic E-state index is 0. The van der Waals surface area contributed by atoms with Crippen molar-refractivity contribution in [2.45, 2.75) is 0 Å². The van der Waals surface area contributed by atoms with Crippen LogP contribution in [-0.2, 0) is 3.08 Å². The van der Waals surface area contributed by atoms with Crippen LogP contribution in [0.5, 0.6) is 0 Å². The molecule has 0 aromatic rings. The van der Waals surface area contributed by atoms with Crippen LogP contribution in [0.25, 0.3) is 0 Å². The predicted octanol–water partition coefficient (Wildman–Crippen LogP) is -1.26. The zero-order chi connectivity index (χ0) is 2.00. The van der Waals surface area contributed by atoms with Gasteiger partial charge < -0.3 is 0 Å². The van der Waals surface area contributed by atoms with Crippen molar-refractivity contribution in [3.8, 4) is 0 Å². The second-order valence-electron chi connectivity index (χ2n) is 0. The SMILES string of the molecule is [Ca].[Ca].[O]=[Sn]. The van der Waals surface area contributed by atoms with Crippen LogP contribution < -0.4 is 0 Å². The Morgan fingerprint density at radius 3 is 1.00 bits per heavy atom. The summed E-state index contributed by atoms with van der Waals surface area (Å²) in [5, 5.41) is 0. The van der Waals surface area contributed by atoms with Gasteiger partial charge in [-0.05, 0) is 0 Å². The van der Waals surface area contributed by atoms with E-state index in [0.29, 0.717) is 22.5 Å². The quantitative estimate of drug-likeness (QED) is 0.461.